The fraction of sp³-hybridized carbons (Fsp3) is 0.818. The molecule has 0 N–H and O–H groups in total. The molecule has 0 bridgehead atoms. The first-order valence-electron chi connectivity index (χ1n) is 4.83. The van der Waals surface area contributed by atoms with Gasteiger partial charge in [-0.25, -0.2) is 0 Å². The zero-order valence-corrected chi connectivity index (χ0v) is 8.52. The van der Waals surface area contributed by atoms with E-state index in [-0.39, 0.29) is 0 Å². The van der Waals surface area contributed by atoms with Crippen LogP contribution in [-0.4, -0.2) is 13.2 Å². The van der Waals surface area contributed by atoms with Gasteiger partial charge in [-0.15, -0.1) is 0 Å². The molecule has 0 aromatic carbocycles. The minimum Gasteiger partial charge on any atom is -0.380 e. The lowest BCUT2D eigenvalue weighted by Gasteiger charge is -2.37. The Morgan fingerprint density at radius 2 is 2.25 bits per heavy atom. The molecule has 1 unspecified atom stereocenters. The van der Waals surface area contributed by atoms with Crippen molar-refractivity contribution < 1.29 is 4.74 Å². The number of hydrogen-bond acceptors (Lipinski definition) is 1. The predicted octanol–water partition coefficient (Wildman–Crippen LogP) is 3.02. The molecule has 1 heteroatoms. The van der Waals surface area contributed by atoms with Crippen molar-refractivity contribution in [1.29, 1.82) is 0 Å². The summed E-state index contributed by atoms with van der Waals surface area (Å²) in [5.74, 6) is 0.566. The normalized spacial score (nSPS) is 25.9. The molecular weight excluding hydrogens is 148 g/mol. The number of ether oxygens (including phenoxy) is 1. The van der Waals surface area contributed by atoms with Gasteiger partial charge in [0.25, 0.3) is 0 Å². The van der Waals surface area contributed by atoms with Crippen LogP contribution in [0.5, 0.6) is 0 Å². The van der Waals surface area contributed by atoms with Crippen LogP contribution in [0.3, 0.4) is 0 Å². The standard InChI is InChI=1S/C11H20O/c1-5-11(3,4)10-8-12-7-6-9(10)2/h10H,2,5-8H2,1,3-4H3. The van der Waals surface area contributed by atoms with E-state index >= 15 is 0 Å². The topological polar surface area (TPSA) is 9.23 Å². The van der Waals surface area contributed by atoms with E-state index in [1.165, 1.54) is 12.0 Å². The van der Waals surface area contributed by atoms with E-state index in [9.17, 15) is 0 Å². The third-order valence-electron chi connectivity index (χ3n) is 3.20. The van der Waals surface area contributed by atoms with Gasteiger partial charge in [0.15, 0.2) is 0 Å². The first kappa shape index (κ1) is 9.79. The molecular formula is C11H20O. The highest BCUT2D eigenvalue weighted by Gasteiger charge is 2.31. The molecule has 1 fully saturated rings. The Hall–Kier alpha value is -0.300. The summed E-state index contributed by atoms with van der Waals surface area (Å²) < 4.78 is 5.48. The van der Waals surface area contributed by atoms with Crippen molar-refractivity contribution in [2.45, 2.75) is 33.6 Å². The Morgan fingerprint density at radius 3 is 2.75 bits per heavy atom. The summed E-state index contributed by atoms with van der Waals surface area (Å²) >= 11 is 0. The summed E-state index contributed by atoms with van der Waals surface area (Å²) in [6.45, 7) is 12.7. The van der Waals surface area contributed by atoms with Gasteiger partial charge in [0, 0.05) is 5.92 Å². The molecule has 0 spiro atoms. The predicted molar refractivity (Wildman–Crippen MR) is 52.1 cm³/mol. The minimum absolute atomic E-state index is 0.359. The molecule has 1 aliphatic rings. The van der Waals surface area contributed by atoms with Gasteiger partial charge in [-0.3, -0.25) is 0 Å². The Balaban J connectivity index is 2.65. The van der Waals surface area contributed by atoms with Gasteiger partial charge < -0.3 is 4.74 Å². The lowest BCUT2D eigenvalue weighted by Crippen LogP contribution is -2.32. The fourth-order valence-corrected chi connectivity index (χ4v) is 1.72. The third kappa shape index (κ3) is 1.89. The molecule has 1 nitrogen and oxygen atoms in total. The summed E-state index contributed by atoms with van der Waals surface area (Å²) in [4.78, 5) is 0. The van der Waals surface area contributed by atoms with Crippen LogP contribution in [0.4, 0.5) is 0 Å². The Morgan fingerprint density at radius 1 is 1.58 bits per heavy atom. The second-order valence-electron chi connectivity index (χ2n) is 4.38. The van der Waals surface area contributed by atoms with Crippen molar-refractivity contribution in [3.05, 3.63) is 12.2 Å². The summed E-state index contributed by atoms with van der Waals surface area (Å²) in [6, 6.07) is 0. The van der Waals surface area contributed by atoms with Crippen molar-refractivity contribution in [3.63, 3.8) is 0 Å². The van der Waals surface area contributed by atoms with E-state index in [1.807, 2.05) is 0 Å². The molecule has 0 aliphatic carbocycles. The van der Waals surface area contributed by atoms with Crippen molar-refractivity contribution in [2.24, 2.45) is 11.3 Å². The van der Waals surface area contributed by atoms with E-state index in [0.29, 0.717) is 11.3 Å². The summed E-state index contributed by atoms with van der Waals surface area (Å²) in [5.41, 5.74) is 1.74. The molecule has 1 atom stereocenters. The summed E-state index contributed by atoms with van der Waals surface area (Å²) in [5, 5.41) is 0. The van der Waals surface area contributed by atoms with Gasteiger partial charge in [-0.1, -0.05) is 39.3 Å². The van der Waals surface area contributed by atoms with E-state index in [4.69, 9.17) is 4.74 Å². The van der Waals surface area contributed by atoms with Gasteiger partial charge in [0.05, 0.1) is 13.2 Å². The van der Waals surface area contributed by atoms with Gasteiger partial charge >= 0.3 is 0 Å². The lowest BCUT2D eigenvalue weighted by molar-refractivity contribution is 0.0365. The van der Waals surface area contributed by atoms with E-state index in [2.05, 4.69) is 27.4 Å². The van der Waals surface area contributed by atoms with Crippen LogP contribution < -0.4 is 0 Å². The van der Waals surface area contributed by atoms with E-state index < -0.39 is 0 Å². The third-order valence-corrected chi connectivity index (χ3v) is 3.20. The molecule has 0 saturated carbocycles. The van der Waals surface area contributed by atoms with Gasteiger partial charge in [0.2, 0.25) is 0 Å². The first-order valence-corrected chi connectivity index (χ1v) is 4.83. The molecule has 0 radical (unpaired) electrons. The smallest absolute Gasteiger partial charge is 0.0536 e. The second kappa shape index (κ2) is 3.61. The van der Waals surface area contributed by atoms with Crippen LogP contribution in [0.2, 0.25) is 0 Å². The molecule has 1 rings (SSSR count). The van der Waals surface area contributed by atoms with Crippen LogP contribution in [0, 0.1) is 11.3 Å². The minimum atomic E-state index is 0.359. The van der Waals surface area contributed by atoms with Gasteiger partial charge in [0.1, 0.15) is 0 Å². The van der Waals surface area contributed by atoms with Crippen LogP contribution in [-0.2, 0) is 4.74 Å². The maximum Gasteiger partial charge on any atom is 0.0536 e. The molecule has 0 amide bonds. The SMILES string of the molecule is C=C1CCOCC1C(C)(C)CC. The zero-order valence-electron chi connectivity index (χ0n) is 8.52. The van der Waals surface area contributed by atoms with Crippen LogP contribution in [0.1, 0.15) is 33.6 Å². The number of hydrogen-bond donors (Lipinski definition) is 0. The van der Waals surface area contributed by atoms with E-state index in [1.54, 1.807) is 0 Å². The Kier molecular flexibility index (Phi) is 2.94. The average molecular weight is 168 g/mol. The molecule has 1 saturated heterocycles. The lowest BCUT2D eigenvalue weighted by atomic mass is 9.72. The average Bonchev–Trinajstić information content (AvgIpc) is 2.05. The maximum atomic E-state index is 5.48. The maximum absolute atomic E-state index is 5.48. The number of rotatable bonds is 2. The monoisotopic (exact) mass is 168 g/mol. The zero-order chi connectivity index (χ0) is 9.19. The van der Waals surface area contributed by atoms with Crippen molar-refractivity contribution >= 4 is 0 Å². The van der Waals surface area contributed by atoms with E-state index in [0.717, 1.165) is 19.6 Å². The Bertz CT molecular complexity index is 170. The summed E-state index contributed by atoms with van der Waals surface area (Å²) in [6.07, 6.45) is 2.24. The van der Waals surface area contributed by atoms with Crippen LogP contribution in [0.15, 0.2) is 12.2 Å². The van der Waals surface area contributed by atoms with Crippen molar-refractivity contribution in [1.82, 2.24) is 0 Å². The van der Waals surface area contributed by atoms with Crippen molar-refractivity contribution in [2.75, 3.05) is 13.2 Å². The quantitative estimate of drug-likeness (QED) is 0.576. The molecule has 1 heterocycles. The highest BCUT2D eigenvalue weighted by molar-refractivity contribution is 5.07. The first-order chi connectivity index (χ1) is 5.58. The largest absolute Gasteiger partial charge is 0.380 e. The van der Waals surface area contributed by atoms with Crippen LogP contribution in [0.25, 0.3) is 0 Å². The molecule has 70 valence electrons. The highest BCUT2D eigenvalue weighted by Crippen LogP contribution is 2.38. The molecule has 12 heavy (non-hydrogen) atoms. The van der Waals surface area contributed by atoms with Crippen molar-refractivity contribution in [3.8, 4) is 0 Å². The Labute approximate surface area is 75.8 Å². The molecule has 0 aromatic rings. The second-order valence-corrected chi connectivity index (χ2v) is 4.38. The highest BCUT2D eigenvalue weighted by atomic mass is 16.5. The molecule has 0 aromatic heterocycles. The summed E-state index contributed by atoms with van der Waals surface area (Å²) in [7, 11) is 0. The van der Waals surface area contributed by atoms with Gasteiger partial charge in [-0.2, -0.15) is 0 Å². The fourth-order valence-electron chi connectivity index (χ4n) is 1.72. The van der Waals surface area contributed by atoms with Crippen LogP contribution >= 0.6 is 0 Å². The molecule has 1 aliphatic heterocycles. The van der Waals surface area contributed by atoms with Gasteiger partial charge in [-0.05, 0) is 11.8 Å².